The van der Waals surface area contributed by atoms with Crippen molar-refractivity contribution in [3.63, 3.8) is 0 Å². The maximum atomic E-state index is 9.75. The van der Waals surface area contributed by atoms with Crippen LogP contribution in [0, 0.1) is 12.8 Å². The van der Waals surface area contributed by atoms with Crippen LogP contribution in [0.4, 0.5) is 0 Å². The zero-order valence-corrected chi connectivity index (χ0v) is 10.0. The Morgan fingerprint density at radius 2 is 2.38 bits per heavy atom. The van der Waals surface area contributed by atoms with Crippen LogP contribution in [0.25, 0.3) is 0 Å². The number of aliphatic hydroxyl groups excluding tert-OH is 1. The lowest BCUT2D eigenvalue weighted by Crippen LogP contribution is -2.29. The molecule has 1 heterocycles. The minimum Gasteiger partial charge on any atom is -0.393 e. The van der Waals surface area contributed by atoms with Crippen molar-refractivity contribution in [1.82, 2.24) is 10.1 Å². The summed E-state index contributed by atoms with van der Waals surface area (Å²) < 4.78 is 5.03. The Labute approximate surface area is 96.2 Å². The Morgan fingerprint density at radius 1 is 1.56 bits per heavy atom. The molecular formula is C12H20N2O2. The summed E-state index contributed by atoms with van der Waals surface area (Å²) in [5.41, 5.74) is 0.965. The van der Waals surface area contributed by atoms with Gasteiger partial charge in [0.25, 0.3) is 0 Å². The lowest BCUT2D eigenvalue weighted by Gasteiger charge is -2.21. The van der Waals surface area contributed by atoms with E-state index in [4.69, 9.17) is 4.52 Å². The lowest BCUT2D eigenvalue weighted by atomic mass is 10.1. The normalized spacial score (nSPS) is 25.5. The fourth-order valence-corrected chi connectivity index (χ4v) is 2.46. The van der Waals surface area contributed by atoms with Gasteiger partial charge in [0.2, 0.25) is 0 Å². The van der Waals surface area contributed by atoms with E-state index in [0.29, 0.717) is 5.92 Å². The Bertz CT molecular complexity index is 338. The molecule has 4 nitrogen and oxygen atoms in total. The number of hydrogen-bond acceptors (Lipinski definition) is 4. The molecule has 90 valence electrons. The third kappa shape index (κ3) is 2.83. The first-order chi connectivity index (χ1) is 7.65. The van der Waals surface area contributed by atoms with Crippen molar-refractivity contribution in [1.29, 1.82) is 0 Å². The van der Waals surface area contributed by atoms with Gasteiger partial charge in [-0.2, -0.15) is 0 Å². The van der Waals surface area contributed by atoms with Crippen LogP contribution in [0.15, 0.2) is 10.6 Å². The molecule has 1 aliphatic carbocycles. The van der Waals surface area contributed by atoms with Crippen molar-refractivity contribution in [3.05, 3.63) is 17.5 Å². The predicted octanol–water partition coefficient (Wildman–Crippen LogP) is 1.58. The highest BCUT2D eigenvalue weighted by Gasteiger charge is 2.26. The number of aromatic nitrogens is 1. The van der Waals surface area contributed by atoms with Gasteiger partial charge in [0.1, 0.15) is 5.76 Å². The molecule has 4 heteroatoms. The van der Waals surface area contributed by atoms with E-state index in [0.717, 1.165) is 43.8 Å². The fraction of sp³-hybridized carbons (Fsp3) is 0.750. The van der Waals surface area contributed by atoms with Crippen LogP contribution in [0.2, 0.25) is 0 Å². The van der Waals surface area contributed by atoms with Crippen molar-refractivity contribution in [2.75, 3.05) is 13.6 Å². The predicted molar refractivity (Wildman–Crippen MR) is 60.9 cm³/mol. The van der Waals surface area contributed by atoms with Crippen molar-refractivity contribution in [2.24, 2.45) is 5.92 Å². The fourth-order valence-electron chi connectivity index (χ4n) is 2.46. The first kappa shape index (κ1) is 11.6. The van der Waals surface area contributed by atoms with Gasteiger partial charge in [-0.25, -0.2) is 0 Å². The van der Waals surface area contributed by atoms with Gasteiger partial charge in [0.15, 0.2) is 0 Å². The van der Waals surface area contributed by atoms with Crippen molar-refractivity contribution in [3.8, 4) is 0 Å². The van der Waals surface area contributed by atoms with E-state index in [9.17, 15) is 5.11 Å². The molecule has 1 N–H and O–H groups in total. The molecule has 2 unspecified atom stereocenters. The van der Waals surface area contributed by atoms with E-state index in [1.807, 2.05) is 13.0 Å². The second-order valence-corrected chi connectivity index (χ2v) is 4.88. The SMILES string of the molecule is Cc1cc(CN(C)CC2CCCC2O)no1. The summed E-state index contributed by atoms with van der Waals surface area (Å²) in [5.74, 6) is 1.28. The monoisotopic (exact) mass is 224 g/mol. The average molecular weight is 224 g/mol. The highest BCUT2D eigenvalue weighted by molar-refractivity contribution is 5.03. The lowest BCUT2D eigenvalue weighted by molar-refractivity contribution is 0.107. The van der Waals surface area contributed by atoms with Crippen LogP contribution in [-0.2, 0) is 6.54 Å². The minimum atomic E-state index is -0.110. The molecule has 1 aromatic rings. The van der Waals surface area contributed by atoms with Crippen LogP contribution in [0.1, 0.15) is 30.7 Å². The van der Waals surface area contributed by atoms with Gasteiger partial charge < -0.3 is 14.5 Å². The highest BCUT2D eigenvalue weighted by Crippen LogP contribution is 2.26. The zero-order chi connectivity index (χ0) is 11.5. The summed E-state index contributed by atoms with van der Waals surface area (Å²) in [6.07, 6.45) is 3.15. The number of rotatable bonds is 4. The van der Waals surface area contributed by atoms with Gasteiger partial charge in [-0.1, -0.05) is 11.6 Å². The van der Waals surface area contributed by atoms with Gasteiger partial charge >= 0.3 is 0 Å². The third-order valence-electron chi connectivity index (χ3n) is 3.27. The molecule has 1 aliphatic rings. The van der Waals surface area contributed by atoms with Gasteiger partial charge in [0.05, 0.1) is 11.8 Å². The van der Waals surface area contributed by atoms with E-state index in [1.165, 1.54) is 0 Å². The molecule has 2 atom stereocenters. The molecule has 0 radical (unpaired) electrons. The number of hydrogen-bond donors (Lipinski definition) is 1. The molecule has 16 heavy (non-hydrogen) atoms. The van der Waals surface area contributed by atoms with Crippen molar-refractivity contribution >= 4 is 0 Å². The summed E-state index contributed by atoms with van der Waals surface area (Å²) in [6.45, 7) is 3.63. The third-order valence-corrected chi connectivity index (χ3v) is 3.27. The molecule has 1 fully saturated rings. The molecular weight excluding hydrogens is 204 g/mol. The quantitative estimate of drug-likeness (QED) is 0.843. The summed E-state index contributed by atoms with van der Waals surface area (Å²) in [5, 5.41) is 13.7. The van der Waals surface area contributed by atoms with E-state index >= 15 is 0 Å². The first-order valence-corrected chi connectivity index (χ1v) is 5.94. The van der Waals surface area contributed by atoms with Crippen LogP contribution < -0.4 is 0 Å². The summed E-state index contributed by atoms with van der Waals surface area (Å²) in [6, 6.07) is 1.96. The second kappa shape index (κ2) is 4.97. The van der Waals surface area contributed by atoms with Crippen LogP contribution >= 0.6 is 0 Å². The number of aryl methyl sites for hydroxylation is 1. The molecule has 0 aromatic carbocycles. The van der Waals surface area contributed by atoms with E-state index < -0.39 is 0 Å². The first-order valence-electron chi connectivity index (χ1n) is 5.94. The Morgan fingerprint density at radius 3 is 2.94 bits per heavy atom. The van der Waals surface area contributed by atoms with Crippen molar-refractivity contribution < 1.29 is 9.63 Å². The topological polar surface area (TPSA) is 49.5 Å². The maximum absolute atomic E-state index is 9.75. The standard InChI is InChI=1S/C12H20N2O2/c1-9-6-11(13-16-9)8-14(2)7-10-4-3-5-12(10)15/h6,10,12,15H,3-5,7-8H2,1-2H3. The summed E-state index contributed by atoms with van der Waals surface area (Å²) >= 11 is 0. The Balaban J connectivity index is 1.82. The van der Waals surface area contributed by atoms with Gasteiger partial charge in [-0.15, -0.1) is 0 Å². The van der Waals surface area contributed by atoms with E-state index in [1.54, 1.807) is 0 Å². The van der Waals surface area contributed by atoms with Gasteiger partial charge in [0, 0.05) is 19.2 Å². The average Bonchev–Trinajstić information content (AvgIpc) is 2.77. The minimum absolute atomic E-state index is 0.110. The molecule has 0 saturated heterocycles. The Kier molecular flexibility index (Phi) is 3.61. The van der Waals surface area contributed by atoms with E-state index in [2.05, 4.69) is 17.1 Å². The molecule has 2 rings (SSSR count). The molecule has 0 amide bonds. The summed E-state index contributed by atoms with van der Waals surface area (Å²) in [4.78, 5) is 2.20. The maximum Gasteiger partial charge on any atom is 0.133 e. The molecule has 0 bridgehead atoms. The number of aliphatic hydroxyl groups is 1. The highest BCUT2D eigenvalue weighted by atomic mass is 16.5. The summed E-state index contributed by atoms with van der Waals surface area (Å²) in [7, 11) is 2.06. The molecule has 1 aromatic heterocycles. The van der Waals surface area contributed by atoms with Crippen LogP contribution in [0.5, 0.6) is 0 Å². The largest absolute Gasteiger partial charge is 0.393 e. The molecule has 0 spiro atoms. The van der Waals surface area contributed by atoms with Gasteiger partial charge in [-0.05, 0) is 32.7 Å². The molecule has 0 aliphatic heterocycles. The zero-order valence-electron chi connectivity index (χ0n) is 10.0. The smallest absolute Gasteiger partial charge is 0.133 e. The molecule has 1 saturated carbocycles. The van der Waals surface area contributed by atoms with Gasteiger partial charge in [-0.3, -0.25) is 0 Å². The van der Waals surface area contributed by atoms with Crippen molar-refractivity contribution in [2.45, 2.75) is 38.8 Å². The Hall–Kier alpha value is -0.870. The van der Waals surface area contributed by atoms with Crippen LogP contribution in [-0.4, -0.2) is 34.9 Å². The number of nitrogens with zero attached hydrogens (tertiary/aromatic N) is 2. The van der Waals surface area contributed by atoms with Crippen LogP contribution in [0.3, 0.4) is 0 Å². The van der Waals surface area contributed by atoms with E-state index in [-0.39, 0.29) is 6.10 Å². The second-order valence-electron chi connectivity index (χ2n) is 4.88.